The number of aromatic nitrogens is 1. The Kier molecular flexibility index (Phi) is 6.86. The fourth-order valence-corrected chi connectivity index (χ4v) is 3.37. The molecule has 0 aliphatic rings. The number of oxazole rings is 1. The normalized spacial score (nSPS) is 10.6. The van der Waals surface area contributed by atoms with Crippen molar-refractivity contribution in [2.24, 2.45) is 5.73 Å². The standard InChI is InChI=1S/C21H21N3O3S/c22-19(25)14-28-18-10-5-4-9-16(18)24-20(26)11-6-12-21-23-13-17(27-21)15-7-2-1-3-8-15/h1-5,7-10,13H,6,11-12,14H2,(H2,22,25)(H,24,26). The summed E-state index contributed by atoms with van der Waals surface area (Å²) in [6, 6.07) is 17.1. The first-order valence-corrected chi connectivity index (χ1v) is 9.90. The Morgan fingerprint density at radius 1 is 1.07 bits per heavy atom. The molecule has 1 heterocycles. The van der Waals surface area contributed by atoms with Crippen molar-refractivity contribution in [3.63, 3.8) is 0 Å². The first-order valence-electron chi connectivity index (χ1n) is 8.92. The number of hydrogen-bond donors (Lipinski definition) is 2. The van der Waals surface area contributed by atoms with E-state index in [9.17, 15) is 9.59 Å². The average Bonchev–Trinajstić information content (AvgIpc) is 3.17. The Balaban J connectivity index is 1.49. The van der Waals surface area contributed by atoms with Gasteiger partial charge >= 0.3 is 0 Å². The predicted octanol–water partition coefficient (Wildman–Crippen LogP) is 3.88. The van der Waals surface area contributed by atoms with Crippen molar-refractivity contribution in [2.75, 3.05) is 11.1 Å². The van der Waals surface area contributed by atoms with Crippen molar-refractivity contribution >= 4 is 29.3 Å². The summed E-state index contributed by atoms with van der Waals surface area (Å²) in [6.07, 6.45) is 3.25. The van der Waals surface area contributed by atoms with Gasteiger partial charge in [-0.25, -0.2) is 4.98 Å². The van der Waals surface area contributed by atoms with E-state index in [0.29, 0.717) is 30.8 Å². The highest BCUT2D eigenvalue weighted by Gasteiger charge is 2.10. The molecular weight excluding hydrogens is 374 g/mol. The minimum absolute atomic E-state index is 0.0954. The van der Waals surface area contributed by atoms with E-state index in [1.54, 1.807) is 12.3 Å². The summed E-state index contributed by atoms with van der Waals surface area (Å²) in [6.45, 7) is 0. The molecule has 28 heavy (non-hydrogen) atoms. The molecule has 6 nitrogen and oxygen atoms in total. The average molecular weight is 395 g/mol. The maximum atomic E-state index is 12.3. The van der Waals surface area contributed by atoms with Gasteiger partial charge in [0.25, 0.3) is 0 Å². The van der Waals surface area contributed by atoms with Crippen molar-refractivity contribution in [2.45, 2.75) is 24.2 Å². The summed E-state index contributed by atoms with van der Waals surface area (Å²) in [4.78, 5) is 28.3. The second kappa shape index (κ2) is 9.75. The highest BCUT2D eigenvalue weighted by molar-refractivity contribution is 8.00. The van der Waals surface area contributed by atoms with Crippen LogP contribution in [0.5, 0.6) is 0 Å². The van der Waals surface area contributed by atoms with Crippen LogP contribution in [-0.2, 0) is 16.0 Å². The third-order valence-corrected chi connectivity index (χ3v) is 5.03. The van der Waals surface area contributed by atoms with Crippen LogP contribution in [-0.4, -0.2) is 22.6 Å². The third kappa shape index (κ3) is 5.72. The molecule has 2 aromatic carbocycles. The molecule has 3 rings (SSSR count). The maximum Gasteiger partial charge on any atom is 0.227 e. The molecule has 0 aliphatic carbocycles. The highest BCUT2D eigenvalue weighted by Crippen LogP contribution is 2.27. The largest absolute Gasteiger partial charge is 0.441 e. The molecule has 0 saturated carbocycles. The van der Waals surface area contributed by atoms with Gasteiger partial charge in [-0.15, -0.1) is 11.8 Å². The lowest BCUT2D eigenvalue weighted by Crippen LogP contribution is -2.14. The van der Waals surface area contributed by atoms with Crippen molar-refractivity contribution in [1.82, 2.24) is 4.98 Å². The smallest absolute Gasteiger partial charge is 0.227 e. The molecule has 0 atom stereocenters. The van der Waals surface area contributed by atoms with Gasteiger partial charge in [0.1, 0.15) is 0 Å². The molecule has 3 aromatic rings. The van der Waals surface area contributed by atoms with Crippen LogP contribution in [0, 0.1) is 0 Å². The third-order valence-electron chi connectivity index (χ3n) is 3.94. The number of primary amides is 1. The predicted molar refractivity (Wildman–Crippen MR) is 110 cm³/mol. The zero-order chi connectivity index (χ0) is 19.8. The van der Waals surface area contributed by atoms with Crippen LogP contribution in [0.25, 0.3) is 11.3 Å². The Morgan fingerprint density at radius 3 is 2.61 bits per heavy atom. The van der Waals surface area contributed by atoms with Gasteiger partial charge in [0.15, 0.2) is 11.7 Å². The van der Waals surface area contributed by atoms with E-state index in [-0.39, 0.29) is 11.7 Å². The van der Waals surface area contributed by atoms with E-state index in [2.05, 4.69) is 10.3 Å². The van der Waals surface area contributed by atoms with Crippen LogP contribution in [0.3, 0.4) is 0 Å². The number of nitrogens with two attached hydrogens (primary N) is 1. The van der Waals surface area contributed by atoms with Crippen LogP contribution in [0.1, 0.15) is 18.7 Å². The SMILES string of the molecule is NC(=O)CSc1ccccc1NC(=O)CCCc1ncc(-c2ccccc2)o1. The van der Waals surface area contributed by atoms with Gasteiger partial charge in [0, 0.05) is 23.3 Å². The molecule has 0 bridgehead atoms. The fraction of sp³-hybridized carbons (Fsp3) is 0.190. The van der Waals surface area contributed by atoms with Gasteiger partial charge in [-0.3, -0.25) is 9.59 Å². The monoisotopic (exact) mass is 395 g/mol. The van der Waals surface area contributed by atoms with Gasteiger partial charge in [-0.1, -0.05) is 42.5 Å². The van der Waals surface area contributed by atoms with Crippen LogP contribution in [0.15, 0.2) is 70.1 Å². The minimum Gasteiger partial charge on any atom is -0.441 e. The zero-order valence-electron chi connectivity index (χ0n) is 15.3. The Hall–Kier alpha value is -3.06. The summed E-state index contributed by atoms with van der Waals surface area (Å²) >= 11 is 1.30. The molecule has 2 amide bonds. The van der Waals surface area contributed by atoms with Gasteiger partial charge in [-0.05, 0) is 18.6 Å². The van der Waals surface area contributed by atoms with E-state index < -0.39 is 5.91 Å². The number of anilines is 1. The molecule has 0 radical (unpaired) electrons. The molecule has 1 aromatic heterocycles. The molecule has 0 aliphatic heterocycles. The van der Waals surface area contributed by atoms with E-state index in [4.69, 9.17) is 10.2 Å². The number of carbonyl (C=O) groups is 2. The topological polar surface area (TPSA) is 98.2 Å². The van der Waals surface area contributed by atoms with Crippen LogP contribution in [0.4, 0.5) is 5.69 Å². The number of hydrogen-bond acceptors (Lipinski definition) is 5. The molecular formula is C21H21N3O3S. The van der Waals surface area contributed by atoms with Crippen molar-refractivity contribution < 1.29 is 14.0 Å². The van der Waals surface area contributed by atoms with E-state index in [0.717, 1.165) is 16.2 Å². The maximum absolute atomic E-state index is 12.3. The zero-order valence-corrected chi connectivity index (χ0v) is 16.1. The van der Waals surface area contributed by atoms with Crippen LogP contribution in [0.2, 0.25) is 0 Å². The highest BCUT2D eigenvalue weighted by atomic mass is 32.2. The van der Waals surface area contributed by atoms with Gasteiger partial charge in [0.05, 0.1) is 17.6 Å². The lowest BCUT2D eigenvalue weighted by molar-refractivity contribution is -0.116. The van der Waals surface area contributed by atoms with E-state index in [1.165, 1.54) is 11.8 Å². The number of para-hydroxylation sites is 1. The summed E-state index contributed by atoms with van der Waals surface area (Å²) in [7, 11) is 0. The number of carbonyl (C=O) groups excluding carboxylic acids is 2. The molecule has 0 saturated heterocycles. The van der Waals surface area contributed by atoms with Gasteiger partial charge in [-0.2, -0.15) is 0 Å². The van der Waals surface area contributed by atoms with Crippen molar-refractivity contribution in [3.8, 4) is 11.3 Å². The number of nitrogens with zero attached hydrogens (tertiary/aromatic N) is 1. The van der Waals surface area contributed by atoms with Crippen molar-refractivity contribution in [1.29, 1.82) is 0 Å². The molecule has 0 fully saturated rings. The quantitative estimate of drug-likeness (QED) is 0.536. The summed E-state index contributed by atoms with van der Waals surface area (Å²) < 4.78 is 5.75. The lowest BCUT2D eigenvalue weighted by Gasteiger charge is -2.09. The van der Waals surface area contributed by atoms with Crippen LogP contribution >= 0.6 is 11.8 Å². The second-order valence-corrected chi connectivity index (χ2v) is 7.15. The second-order valence-electron chi connectivity index (χ2n) is 6.14. The number of aryl methyl sites for hydroxylation is 1. The number of thioether (sulfide) groups is 1. The Bertz CT molecular complexity index is 941. The molecule has 3 N–H and O–H groups in total. The fourth-order valence-electron chi connectivity index (χ4n) is 2.62. The lowest BCUT2D eigenvalue weighted by atomic mass is 10.2. The number of amides is 2. The van der Waals surface area contributed by atoms with Crippen LogP contribution < -0.4 is 11.1 Å². The van der Waals surface area contributed by atoms with Crippen molar-refractivity contribution in [3.05, 3.63) is 66.7 Å². The molecule has 0 unspecified atom stereocenters. The Morgan fingerprint density at radius 2 is 1.82 bits per heavy atom. The molecule has 0 spiro atoms. The number of nitrogens with one attached hydrogen (secondary N) is 1. The first kappa shape index (κ1) is 19.7. The summed E-state index contributed by atoms with van der Waals surface area (Å²) in [5.41, 5.74) is 6.85. The number of rotatable bonds is 9. The van der Waals surface area contributed by atoms with Gasteiger partial charge < -0.3 is 15.5 Å². The molecule has 7 heteroatoms. The first-order chi connectivity index (χ1) is 13.6. The van der Waals surface area contributed by atoms with E-state index in [1.807, 2.05) is 48.5 Å². The Labute approximate surface area is 167 Å². The minimum atomic E-state index is -0.396. The van der Waals surface area contributed by atoms with Gasteiger partial charge in [0.2, 0.25) is 11.8 Å². The van der Waals surface area contributed by atoms with E-state index >= 15 is 0 Å². The number of benzene rings is 2. The summed E-state index contributed by atoms with van der Waals surface area (Å²) in [5.74, 6) is 1.01. The molecule has 144 valence electrons. The summed E-state index contributed by atoms with van der Waals surface area (Å²) in [5, 5.41) is 2.89.